The molecule has 1 fully saturated rings. The van der Waals surface area contributed by atoms with Gasteiger partial charge in [0.1, 0.15) is 0 Å². The molecular weight excluding hydrogens is 218 g/mol. The minimum atomic E-state index is 0.351. The van der Waals surface area contributed by atoms with Crippen molar-refractivity contribution in [1.29, 1.82) is 0 Å². The van der Waals surface area contributed by atoms with Crippen LogP contribution >= 0.6 is 0 Å². The van der Waals surface area contributed by atoms with Crippen LogP contribution in [-0.4, -0.2) is 42.8 Å². The molecule has 5 heteroatoms. The van der Waals surface area contributed by atoms with Crippen LogP contribution in [0, 0.1) is 0 Å². The number of aromatic nitrogens is 2. The Labute approximate surface area is 102 Å². The average Bonchev–Trinajstić information content (AvgIpc) is 2.97. The summed E-state index contributed by atoms with van der Waals surface area (Å²) in [5.41, 5.74) is 1.21. The molecule has 0 amide bonds. The fourth-order valence-corrected chi connectivity index (χ4v) is 2.00. The van der Waals surface area contributed by atoms with Gasteiger partial charge in [0.15, 0.2) is 0 Å². The normalized spacial score (nSPS) is 19.9. The second kappa shape index (κ2) is 6.74. The summed E-state index contributed by atoms with van der Waals surface area (Å²) >= 11 is 0. The lowest BCUT2D eigenvalue weighted by molar-refractivity contribution is 0.0940. The largest absolute Gasteiger partial charge is 0.383 e. The summed E-state index contributed by atoms with van der Waals surface area (Å²) in [5.74, 6) is 0. The standard InChI is InChI=1S/C12H21N3O2/c1-16-6-4-13-7-11-8-14-15(9-11)10-12-3-2-5-17-12/h8-9,12-13H,2-7,10H2,1H3. The molecule has 2 heterocycles. The van der Waals surface area contributed by atoms with E-state index in [9.17, 15) is 0 Å². The first-order valence-electron chi connectivity index (χ1n) is 6.21. The molecular formula is C12H21N3O2. The van der Waals surface area contributed by atoms with Gasteiger partial charge in [-0.1, -0.05) is 0 Å². The van der Waals surface area contributed by atoms with Crippen molar-refractivity contribution in [2.75, 3.05) is 26.9 Å². The molecule has 0 aromatic carbocycles. The second-order valence-electron chi connectivity index (χ2n) is 4.38. The van der Waals surface area contributed by atoms with Crippen LogP contribution in [-0.2, 0) is 22.6 Å². The van der Waals surface area contributed by atoms with Gasteiger partial charge in [-0.2, -0.15) is 5.10 Å². The number of nitrogens with zero attached hydrogens (tertiary/aromatic N) is 2. The maximum atomic E-state index is 5.59. The first-order valence-corrected chi connectivity index (χ1v) is 6.21. The molecule has 1 aliphatic rings. The van der Waals surface area contributed by atoms with Crippen LogP contribution < -0.4 is 5.32 Å². The fourth-order valence-electron chi connectivity index (χ4n) is 2.00. The summed E-state index contributed by atoms with van der Waals surface area (Å²) in [6, 6.07) is 0. The van der Waals surface area contributed by atoms with E-state index in [2.05, 4.69) is 16.6 Å². The average molecular weight is 239 g/mol. The summed E-state index contributed by atoms with van der Waals surface area (Å²) in [6.07, 6.45) is 6.68. The van der Waals surface area contributed by atoms with Gasteiger partial charge in [0, 0.05) is 38.6 Å². The van der Waals surface area contributed by atoms with E-state index in [0.29, 0.717) is 6.10 Å². The molecule has 1 aromatic heterocycles. The van der Waals surface area contributed by atoms with Crippen molar-refractivity contribution >= 4 is 0 Å². The third-order valence-electron chi connectivity index (χ3n) is 2.91. The van der Waals surface area contributed by atoms with Crippen LogP contribution in [0.1, 0.15) is 18.4 Å². The molecule has 0 radical (unpaired) electrons. The van der Waals surface area contributed by atoms with Gasteiger partial charge in [0.2, 0.25) is 0 Å². The van der Waals surface area contributed by atoms with Crippen LogP contribution in [0.5, 0.6) is 0 Å². The number of methoxy groups -OCH3 is 1. The van der Waals surface area contributed by atoms with Crippen molar-refractivity contribution in [2.45, 2.75) is 32.0 Å². The minimum absolute atomic E-state index is 0.351. The van der Waals surface area contributed by atoms with Crippen LogP contribution in [0.2, 0.25) is 0 Å². The molecule has 1 aromatic rings. The zero-order valence-corrected chi connectivity index (χ0v) is 10.4. The summed E-state index contributed by atoms with van der Waals surface area (Å²) < 4.78 is 12.5. The zero-order valence-electron chi connectivity index (χ0n) is 10.4. The van der Waals surface area contributed by atoms with Gasteiger partial charge in [-0.15, -0.1) is 0 Å². The summed E-state index contributed by atoms with van der Waals surface area (Å²) in [6.45, 7) is 4.22. The van der Waals surface area contributed by atoms with Gasteiger partial charge in [-0.25, -0.2) is 0 Å². The first kappa shape index (κ1) is 12.5. The van der Waals surface area contributed by atoms with Gasteiger partial charge in [-0.3, -0.25) is 4.68 Å². The van der Waals surface area contributed by atoms with Crippen LogP contribution in [0.3, 0.4) is 0 Å². The van der Waals surface area contributed by atoms with Gasteiger partial charge >= 0.3 is 0 Å². The SMILES string of the molecule is COCCNCc1cnn(CC2CCCO2)c1. The highest BCUT2D eigenvalue weighted by Gasteiger charge is 2.16. The lowest BCUT2D eigenvalue weighted by atomic mass is 10.2. The Kier molecular flexibility index (Phi) is 4.97. The number of rotatable bonds is 7. The van der Waals surface area contributed by atoms with Crippen molar-refractivity contribution in [3.8, 4) is 0 Å². The Morgan fingerprint density at radius 1 is 1.65 bits per heavy atom. The van der Waals surface area contributed by atoms with Gasteiger partial charge in [0.25, 0.3) is 0 Å². The fraction of sp³-hybridized carbons (Fsp3) is 0.750. The molecule has 0 saturated carbocycles. The topological polar surface area (TPSA) is 48.3 Å². The predicted octanol–water partition coefficient (Wildman–Crippen LogP) is 0.798. The van der Waals surface area contributed by atoms with Crippen molar-refractivity contribution in [3.63, 3.8) is 0 Å². The van der Waals surface area contributed by atoms with Crippen LogP contribution in [0.4, 0.5) is 0 Å². The van der Waals surface area contributed by atoms with Crippen molar-refractivity contribution in [1.82, 2.24) is 15.1 Å². The Bertz CT molecular complexity index is 321. The van der Waals surface area contributed by atoms with Gasteiger partial charge in [-0.05, 0) is 12.8 Å². The molecule has 17 heavy (non-hydrogen) atoms. The van der Waals surface area contributed by atoms with E-state index in [1.807, 2.05) is 10.9 Å². The highest BCUT2D eigenvalue weighted by atomic mass is 16.5. The second-order valence-corrected chi connectivity index (χ2v) is 4.38. The molecule has 1 saturated heterocycles. The highest BCUT2D eigenvalue weighted by molar-refractivity contribution is 5.03. The van der Waals surface area contributed by atoms with E-state index in [-0.39, 0.29) is 0 Å². The number of nitrogens with one attached hydrogen (secondary N) is 1. The van der Waals surface area contributed by atoms with Crippen molar-refractivity contribution in [3.05, 3.63) is 18.0 Å². The predicted molar refractivity (Wildman–Crippen MR) is 64.8 cm³/mol. The molecule has 0 aliphatic carbocycles. The van der Waals surface area contributed by atoms with Crippen LogP contribution in [0.25, 0.3) is 0 Å². The molecule has 5 nitrogen and oxygen atoms in total. The summed E-state index contributed by atoms with van der Waals surface area (Å²) in [5, 5.41) is 7.64. The summed E-state index contributed by atoms with van der Waals surface area (Å²) in [7, 11) is 1.71. The highest BCUT2D eigenvalue weighted by Crippen LogP contribution is 2.13. The van der Waals surface area contributed by atoms with E-state index in [4.69, 9.17) is 9.47 Å². The Hall–Kier alpha value is -0.910. The Morgan fingerprint density at radius 3 is 3.35 bits per heavy atom. The van der Waals surface area contributed by atoms with Crippen molar-refractivity contribution < 1.29 is 9.47 Å². The minimum Gasteiger partial charge on any atom is -0.383 e. The Morgan fingerprint density at radius 2 is 2.59 bits per heavy atom. The molecule has 0 spiro atoms. The molecule has 0 bridgehead atoms. The van der Waals surface area contributed by atoms with E-state index in [1.54, 1.807) is 7.11 Å². The molecule has 1 atom stereocenters. The molecule has 1 unspecified atom stereocenters. The molecule has 2 rings (SSSR count). The number of ether oxygens (including phenoxy) is 2. The Balaban J connectivity index is 1.71. The first-order chi connectivity index (χ1) is 8.38. The summed E-state index contributed by atoms with van der Waals surface area (Å²) in [4.78, 5) is 0. The monoisotopic (exact) mass is 239 g/mol. The molecule has 96 valence electrons. The smallest absolute Gasteiger partial charge is 0.0771 e. The van der Waals surface area contributed by atoms with Crippen molar-refractivity contribution in [2.24, 2.45) is 0 Å². The van der Waals surface area contributed by atoms with Gasteiger partial charge < -0.3 is 14.8 Å². The third-order valence-corrected chi connectivity index (χ3v) is 2.91. The lowest BCUT2D eigenvalue weighted by Gasteiger charge is -2.08. The zero-order chi connectivity index (χ0) is 11.9. The van der Waals surface area contributed by atoms with Crippen LogP contribution in [0.15, 0.2) is 12.4 Å². The maximum absolute atomic E-state index is 5.59. The number of hydrogen-bond donors (Lipinski definition) is 1. The van der Waals surface area contributed by atoms with E-state index < -0.39 is 0 Å². The van der Waals surface area contributed by atoms with E-state index in [1.165, 1.54) is 12.0 Å². The van der Waals surface area contributed by atoms with Gasteiger partial charge in [0.05, 0.1) is 25.5 Å². The van der Waals surface area contributed by atoms with E-state index in [0.717, 1.165) is 39.3 Å². The lowest BCUT2D eigenvalue weighted by Crippen LogP contribution is -2.18. The third kappa shape index (κ3) is 4.11. The quantitative estimate of drug-likeness (QED) is 0.715. The molecule has 1 aliphatic heterocycles. The molecule has 1 N–H and O–H groups in total. The maximum Gasteiger partial charge on any atom is 0.0771 e. The number of hydrogen-bond acceptors (Lipinski definition) is 4. The van der Waals surface area contributed by atoms with E-state index >= 15 is 0 Å².